The average molecular weight is 447 g/mol. The number of nitrogens with zero attached hydrogens (tertiary/aromatic N) is 2. The van der Waals surface area contributed by atoms with Gasteiger partial charge in [-0.05, 0) is 52.1 Å². The van der Waals surface area contributed by atoms with Crippen molar-refractivity contribution in [2.75, 3.05) is 39.1 Å². The van der Waals surface area contributed by atoms with Gasteiger partial charge in [-0.15, -0.1) is 0 Å². The Kier molecular flexibility index (Phi) is 8.37. The number of hydrogen-bond acceptors (Lipinski definition) is 5. The maximum Gasteiger partial charge on any atom is 0.319 e. The molecule has 1 fully saturated rings. The van der Waals surface area contributed by atoms with Gasteiger partial charge in [0.2, 0.25) is 0 Å². The Morgan fingerprint density at radius 1 is 1.28 bits per heavy atom. The van der Waals surface area contributed by atoms with Gasteiger partial charge < -0.3 is 30.3 Å². The topological polar surface area (TPSA) is 94.1 Å². The fourth-order valence-electron chi connectivity index (χ4n) is 4.48. The second-order valence-electron chi connectivity index (χ2n) is 9.53. The van der Waals surface area contributed by atoms with Crippen molar-refractivity contribution in [1.82, 2.24) is 15.1 Å². The van der Waals surface area contributed by atoms with E-state index in [9.17, 15) is 14.7 Å². The molecular weight excluding hydrogens is 408 g/mol. The van der Waals surface area contributed by atoms with E-state index in [1.807, 2.05) is 21.0 Å². The molecule has 8 nitrogen and oxygen atoms in total. The number of hydrogen-bond donors (Lipinski definition) is 3. The van der Waals surface area contributed by atoms with Gasteiger partial charge in [0.25, 0.3) is 5.91 Å². The first-order valence-corrected chi connectivity index (χ1v) is 11.7. The van der Waals surface area contributed by atoms with E-state index in [-0.39, 0.29) is 42.7 Å². The molecule has 0 aromatic heterocycles. The maximum atomic E-state index is 13.4. The summed E-state index contributed by atoms with van der Waals surface area (Å²) in [5, 5.41) is 15.7. The third-order valence-corrected chi connectivity index (χ3v) is 6.41. The summed E-state index contributed by atoms with van der Waals surface area (Å²) in [5.41, 5.74) is 0.944. The van der Waals surface area contributed by atoms with Crippen LogP contribution in [0.25, 0.3) is 0 Å². The second kappa shape index (κ2) is 11.0. The minimum atomic E-state index is -0.317. The van der Waals surface area contributed by atoms with Crippen LogP contribution in [0, 0.1) is 5.92 Å². The molecule has 1 aromatic rings. The van der Waals surface area contributed by atoms with E-state index in [2.05, 4.69) is 22.5 Å². The Morgan fingerprint density at radius 3 is 2.66 bits per heavy atom. The van der Waals surface area contributed by atoms with Crippen LogP contribution in [0.15, 0.2) is 18.2 Å². The molecule has 8 heteroatoms. The number of rotatable bonds is 6. The molecule has 3 N–H and O–H groups in total. The summed E-state index contributed by atoms with van der Waals surface area (Å²) in [6.07, 6.45) is 5.40. The first kappa shape index (κ1) is 24.3. The lowest BCUT2D eigenvalue weighted by Crippen LogP contribution is -2.49. The number of likely N-dealkylation sites (N-methyl/N-ethyl adjacent to an activating group) is 1. The highest BCUT2D eigenvalue weighted by Crippen LogP contribution is 2.30. The van der Waals surface area contributed by atoms with Crippen molar-refractivity contribution in [3.8, 4) is 5.75 Å². The zero-order chi connectivity index (χ0) is 23.3. The summed E-state index contributed by atoms with van der Waals surface area (Å²) in [7, 11) is 3.99. The van der Waals surface area contributed by atoms with Gasteiger partial charge in [0.1, 0.15) is 11.9 Å². The number of carbonyl (C=O) groups is 2. The molecule has 178 valence electrons. The molecule has 3 rings (SSSR count). The minimum Gasteiger partial charge on any atom is -0.488 e. The predicted molar refractivity (Wildman–Crippen MR) is 125 cm³/mol. The lowest BCUT2D eigenvalue weighted by atomic mass is 9.96. The van der Waals surface area contributed by atoms with Crippen molar-refractivity contribution >= 4 is 17.6 Å². The SMILES string of the molecule is C[C@@H]1CN([C@@H](C)CO)C(=O)c2cc(NC(=O)NC3CCCCC3)ccc2O[C@@H]1CN(C)C. The molecule has 1 aromatic carbocycles. The van der Waals surface area contributed by atoms with Crippen LogP contribution in [0.4, 0.5) is 10.5 Å². The van der Waals surface area contributed by atoms with E-state index in [4.69, 9.17) is 4.74 Å². The number of aliphatic hydroxyl groups excluding tert-OH is 1. The van der Waals surface area contributed by atoms with Gasteiger partial charge in [-0.3, -0.25) is 4.79 Å². The van der Waals surface area contributed by atoms with Crippen LogP contribution in [0.3, 0.4) is 0 Å². The highest BCUT2D eigenvalue weighted by molar-refractivity contribution is 5.99. The molecule has 1 heterocycles. The van der Waals surface area contributed by atoms with Crippen LogP contribution < -0.4 is 15.4 Å². The number of carbonyl (C=O) groups excluding carboxylic acids is 2. The van der Waals surface area contributed by atoms with Gasteiger partial charge in [-0.25, -0.2) is 4.79 Å². The molecule has 3 amide bonds. The number of fused-ring (bicyclic) bond motifs is 1. The van der Waals surface area contributed by atoms with Crippen molar-refractivity contribution in [1.29, 1.82) is 0 Å². The van der Waals surface area contributed by atoms with Crippen molar-refractivity contribution in [3.05, 3.63) is 23.8 Å². The molecule has 0 saturated heterocycles. The Balaban J connectivity index is 1.84. The summed E-state index contributed by atoms with van der Waals surface area (Å²) < 4.78 is 6.29. The van der Waals surface area contributed by atoms with Crippen LogP contribution >= 0.6 is 0 Å². The molecule has 1 aliphatic carbocycles. The fourth-order valence-corrected chi connectivity index (χ4v) is 4.48. The van der Waals surface area contributed by atoms with Crippen molar-refractivity contribution in [2.24, 2.45) is 5.92 Å². The van der Waals surface area contributed by atoms with Crippen molar-refractivity contribution in [3.63, 3.8) is 0 Å². The molecular formula is C24H38N4O4. The Bertz CT molecular complexity index is 794. The van der Waals surface area contributed by atoms with E-state index in [1.165, 1.54) is 6.42 Å². The van der Waals surface area contributed by atoms with Crippen LogP contribution in [-0.4, -0.2) is 78.8 Å². The van der Waals surface area contributed by atoms with E-state index < -0.39 is 0 Å². The number of nitrogens with one attached hydrogen (secondary N) is 2. The second-order valence-corrected chi connectivity index (χ2v) is 9.53. The first-order valence-electron chi connectivity index (χ1n) is 11.7. The quantitative estimate of drug-likeness (QED) is 0.625. The van der Waals surface area contributed by atoms with Gasteiger partial charge in [-0.2, -0.15) is 0 Å². The third kappa shape index (κ3) is 6.13. The van der Waals surface area contributed by atoms with Crippen LogP contribution in [-0.2, 0) is 0 Å². The molecule has 0 radical (unpaired) electrons. The number of amides is 3. The summed E-state index contributed by atoms with van der Waals surface area (Å²) in [6, 6.07) is 4.83. The summed E-state index contributed by atoms with van der Waals surface area (Å²) in [5.74, 6) is 0.386. The Labute approximate surface area is 191 Å². The molecule has 3 atom stereocenters. The van der Waals surface area contributed by atoms with Crippen LogP contribution in [0.2, 0.25) is 0 Å². The minimum absolute atomic E-state index is 0.0857. The number of anilines is 1. The van der Waals surface area contributed by atoms with Gasteiger partial charge in [-0.1, -0.05) is 26.2 Å². The molecule has 32 heavy (non-hydrogen) atoms. The third-order valence-electron chi connectivity index (χ3n) is 6.41. The number of urea groups is 1. The Morgan fingerprint density at radius 2 is 2.00 bits per heavy atom. The normalized spacial score (nSPS) is 23.1. The van der Waals surface area contributed by atoms with Gasteiger partial charge in [0, 0.05) is 30.7 Å². The summed E-state index contributed by atoms with van der Waals surface area (Å²) in [4.78, 5) is 29.7. The first-order chi connectivity index (χ1) is 15.3. The largest absolute Gasteiger partial charge is 0.488 e. The average Bonchev–Trinajstić information content (AvgIpc) is 2.76. The smallest absolute Gasteiger partial charge is 0.319 e. The van der Waals surface area contributed by atoms with E-state index in [0.717, 1.165) is 25.7 Å². The predicted octanol–water partition coefficient (Wildman–Crippen LogP) is 2.92. The highest BCUT2D eigenvalue weighted by Gasteiger charge is 2.33. The summed E-state index contributed by atoms with van der Waals surface area (Å²) >= 11 is 0. The number of benzene rings is 1. The fraction of sp³-hybridized carbons (Fsp3) is 0.667. The molecule has 0 unspecified atom stereocenters. The zero-order valence-corrected chi connectivity index (χ0v) is 19.8. The van der Waals surface area contributed by atoms with Crippen LogP contribution in [0.5, 0.6) is 5.75 Å². The molecule has 1 aliphatic heterocycles. The van der Waals surface area contributed by atoms with Crippen LogP contribution in [0.1, 0.15) is 56.3 Å². The molecule has 0 spiro atoms. The summed E-state index contributed by atoms with van der Waals surface area (Å²) in [6.45, 7) is 4.98. The maximum absolute atomic E-state index is 13.4. The van der Waals surface area contributed by atoms with Gasteiger partial charge in [0.05, 0.1) is 18.2 Å². The van der Waals surface area contributed by atoms with E-state index in [0.29, 0.717) is 30.1 Å². The highest BCUT2D eigenvalue weighted by atomic mass is 16.5. The lowest BCUT2D eigenvalue weighted by Gasteiger charge is -2.37. The van der Waals surface area contributed by atoms with E-state index in [1.54, 1.807) is 23.1 Å². The molecule has 2 aliphatic rings. The molecule has 1 saturated carbocycles. The monoisotopic (exact) mass is 446 g/mol. The van der Waals surface area contributed by atoms with Gasteiger partial charge in [0.15, 0.2) is 0 Å². The standard InChI is InChI=1S/C24H38N4O4/c1-16-13-28(17(2)15-29)23(30)20-12-19(10-11-21(20)32-22(16)14-27(3)4)26-24(31)25-18-8-6-5-7-9-18/h10-12,16-18,22,29H,5-9,13-15H2,1-4H3,(H2,25,26,31)/t16-,17+,22-/m1/s1. The lowest BCUT2D eigenvalue weighted by molar-refractivity contribution is 0.0363. The number of ether oxygens (including phenoxy) is 1. The zero-order valence-electron chi connectivity index (χ0n) is 19.8. The van der Waals surface area contributed by atoms with Gasteiger partial charge >= 0.3 is 6.03 Å². The number of aliphatic hydroxyl groups is 1. The van der Waals surface area contributed by atoms with Crippen molar-refractivity contribution < 1.29 is 19.4 Å². The Hall–Kier alpha value is -2.32. The van der Waals surface area contributed by atoms with E-state index >= 15 is 0 Å². The van der Waals surface area contributed by atoms with Crippen molar-refractivity contribution in [2.45, 2.75) is 64.1 Å². The molecule has 0 bridgehead atoms.